The van der Waals surface area contributed by atoms with Crippen LogP contribution in [0.5, 0.6) is 5.75 Å². The van der Waals surface area contributed by atoms with Gasteiger partial charge in [-0.2, -0.15) is 0 Å². The van der Waals surface area contributed by atoms with E-state index in [0.29, 0.717) is 30.1 Å². The highest BCUT2D eigenvalue weighted by Gasteiger charge is 2.60. The average molecular weight is 464 g/mol. The number of amides is 1. The SMILES string of the molecule is CC(C)[C@H]1C=C[C@H]2[C@@H]3C[C@H](C)CC[C@H]3[C@@H]3Oc4ccc(cc4)C[C@@]4(O)C[C@H](C(=O)N4)C(=O)[C@@H]1[C@H]23. The lowest BCUT2D eigenvalue weighted by Gasteiger charge is -2.41. The van der Waals surface area contributed by atoms with Gasteiger partial charge in [0.1, 0.15) is 29.3 Å². The third kappa shape index (κ3) is 3.45. The van der Waals surface area contributed by atoms with Crippen LogP contribution in [0.15, 0.2) is 36.4 Å². The Morgan fingerprint density at radius 2 is 1.85 bits per heavy atom. The van der Waals surface area contributed by atoms with Crippen LogP contribution in [0, 0.1) is 53.3 Å². The largest absolute Gasteiger partial charge is 0.490 e. The number of ether oxygens (including phenoxy) is 1. The molecule has 3 fully saturated rings. The zero-order valence-electron chi connectivity index (χ0n) is 20.4. The number of benzene rings is 1. The molecule has 3 aliphatic heterocycles. The predicted octanol–water partition coefficient (Wildman–Crippen LogP) is 4.14. The number of rotatable bonds is 1. The Labute approximate surface area is 202 Å². The minimum Gasteiger partial charge on any atom is -0.490 e. The van der Waals surface area contributed by atoms with Crippen molar-refractivity contribution in [1.29, 1.82) is 0 Å². The maximum absolute atomic E-state index is 14.3. The summed E-state index contributed by atoms with van der Waals surface area (Å²) in [6.45, 7) is 6.69. The van der Waals surface area contributed by atoms with Crippen LogP contribution in [0.25, 0.3) is 0 Å². The lowest BCUT2D eigenvalue weighted by atomic mass is 9.62. The molecule has 0 unspecified atom stereocenters. The average Bonchev–Trinajstić information content (AvgIpc) is 3.27. The first-order chi connectivity index (χ1) is 16.2. The molecule has 1 amide bonds. The number of allylic oxidation sites excluding steroid dienone is 2. The minimum atomic E-state index is -1.39. The van der Waals surface area contributed by atoms with Gasteiger partial charge in [0.2, 0.25) is 5.91 Å². The van der Waals surface area contributed by atoms with Crippen LogP contribution >= 0.6 is 0 Å². The number of hydrogen-bond acceptors (Lipinski definition) is 4. The number of carbonyl (C=O) groups is 2. The van der Waals surface area contributed by atoms with E-state index in [2.05, 4.69) is 38.2 Å². The van der Waals surface area contributed by atoms with E-state index in [-0.39, 0.29) is 47.9 Å². The third-order valence-electron chi connectivity index (χ3n) is 9.69. The Balaban J connectivity index is 1.50. The van der Waals surface area contributed by atoms with Crippen LogP contribution in [-0.4, -0.2) is 28.6 Å². The van der Waals surface area contributed by atoms with Crippen molar-refractivity contribution in [3.63, 3.8) is 0 Å². The van der Waals surface area contributed by atoms with Crippen LogP contribution in [-0.2, 0) is 16.0 Å². The molecule has 10 atom stereocenters. The summed E-state index contributed by atoms with van der Waals surface area (Å²) in [6, 6.07) is 7.95. The number of carbonyl (C=O) groups excluding carboxylic acids is 2. The number of Topliss-reactive ketones (excluding diaryl/α,β-unsaturated/α-hetero) is 1. The highest BCUT2D eigenvalue weighted by Crippen LogP contribution is 2.58. The van der Waals surface area contributed by atoms with Gasteiger partial charge < -0.3 is 15.2 Å². The summed E-state index contributed by atoms with van der Waals surface area (Å²) in [5.41, 5.74) is -0.459. The van der Waals surface area contributed by atoms with Crippen molar-refractivity contribution in [2.24, 2.45) is 53.3 Å². The summed E-state index contributed by atoms with van der Waals surface area (Å²) in [7, 11) is 0. The van der Waals surface area contributed by atoms with Crippen molar-refractivity contribution in [1.82, 2.24) is 5.32 Å². The lowest BCUT2D eigenvalue weighted by molar-refractivity contribution is -0.138. The van der Waals surface area contributed by atoms with Crippen LogP contribution < -0.4 is 10.1 Å². The summed E-state index contributed by atoms with van der Waals surface area (Å²) >= 11 is 0. The Morgan fingerprint density at radius 1 is 1.09 bits per heavy atom. The molecule has 5 heteroatoms. The molecule has 3 aliphatic carbocycles. The van der Waals surface area contributed by atoms with E-state index in [1.807, 2.05) is 24.3 Å². The first-order valence-electron chi connectivity index (χ1n) is 13.3. The molecule has 2 N–H and O–H groups in total. The molecule has 5 nitrogen and oxygen atoms in total. The number of aliphatic hydroxyl groups is 1. The van der Waals surface area contributed by atoms with E-state index < -0.39 is 11.6 Å². The smallest absolute Gasteiger partial charge is 0.232 e. The van der Waals surface area contributed by atoms with Gasteiger partial charge in [-0.25, -0.2) is 0 Å². The molecule has 0 radical (unpaired) electrons. The van der Waals surface area contributed by atoms with E-state index in [9.17, 15) is 14.7 Å². The molecule has 0 spiro atoms. The van der Waals surface area contributed by atoms with Gasteiger partial charge in [-0.15, -0.1) is 0 Å². The molecule has 4 bridgehead atoms. The van der Waals surface area contributed by atoms with Crippen molar-refractivity contribution in [3.8, 4) is 5.75 Å². The van der Waals surface area contributed by atoms with Gasteiger partial charge in [0.05, 0.1) is 0 Å². The van der Waals surface area contributed by atoms with Crippen LogP contribution in [0.3, 0.4) is 0 Å². The zero-order valence-corrected chi connectivity index (χ0v) is 20.4. The van der Waals surface area contributed by atoms with Crippen molar-refractivity contribution in [3.05, 3.63) is 42.0 Å². The normalized spacial score (nSPS) is 45.0. The second-order valence-electron chi connectivity index (χ2n) is 12.2. The molecule has 182 valence electrons. The number of hydrogen-bond donors (Lipinski definition) is 2. The molecular weight excluding hydrogens is 426 g/mol. The molecule has 0 aromatic heterocycles. The number of nitrogens with one attached hydrogen (secondary N) is 1. The van der Waals surface area contributed by atoms with Gasteiger partial charge in [-0.1, -0.05) is 51.5 Å². The molecule has 6 aliphatic rings. The highest BCUT2D eigenvalue weighted by molar-refractivity contribution is 6.04. The molecule has 2 saturated carbocycles. The third-order valence-corrected chi connectivity index (χ3v) is 9.69. The Morgan fingerprint density at radius 3 is 2.59 bits per heavy atom. The zero-order chi connectivity index (χ0) is 23.8. The van der Waals surface area contributed by atoms with Gasteiger partial charge in [-0.05, 0) is 66.0 Å². The molecule has 1 saturated heterocycles. The van der Waals surface area contributed by atoms with E-state index >= 15 is 0 Å². The Kier molecular flexibility index (Phi) is 5.22. The van der Waals surface area contributed by atoms with Gasteiger partial charge in [0.25, 0.3) is 0 Å². The highest BCUT2D eigenvalue weighted by atomic mass is 16.5. The van der Waals surface area contributed by atoms with E-state index in [1.54, 1.807) is 0 Å². The van der Waals surface area contributed by atoms with Crippen LogP contribution in [0.4, 0.5) is 0 Å². The van der Waals surface area contributed by atoms with Crippen molar-refractivity contribution >= 4 is 11.7 Å². The minimum absolute atomic E-state index is 0.00860. The summed E-state index contributed by atoms with van der Waals surface area (Å²) in [5, 5.41) is 14.0. The molecule has 1 aromatic carbocycles. The molecule has 1 aromatic rings. The molecule has 7 rings (SSSR count). The Bertz CT molecular complexity index is 1020. The molecule has 34 heavy (non-hydrogen) atoms. The number of fused-ring (bicyclic) bond motifs is 4. The topological polar surface area (TPSA) is 75.6 Å². The quantitative estimate of drug-likeness (QED) is 0.485. The molecular formula is C29H37NO4. The van der Waals surface area contributed by atoms with Crippen molar-refractivity contribution < 1.29 is 19.4 Å². The Hall–Kier alpha value is -2.14. The van der Waals surface area contributed by atoms with E-state index in [4.69, 9.17) is 4.74 Å². The summed E-state index contributed by atoms with van der Waals surface area (Å²) < 4.78 is 6.81. The van der Waals surface area contributed by atoms with E-state index in [1.165, 1.54) is 12.8 Å². The van der Waals surface area contributed by atoms with Gasteiger partial charge >= 0.3 is 0 Å². The lowest BCUT2D eigenvalue weighted by Crippen LogP contribution is -2.47. The fourth-order valence-corrected chi connectivity index (χ4v) is 8.18. The summed E-state index contributed by atoms with van der Waals surface area (Å²) in [6.07, 6.45) is 8.58. The van der Waals surface area contributed by atoms with Gasteiger partial charge in [-0.3, -0.25) is 9.59 Å². The van der Waals surface area contributed by atoms with Gasteiger partial charge in [0.15, 0.2) is 0 Å². The fraction of sp³-hybridized carbons (Fsp3) is 0.655. The maximum atomic E-state index is 14.3. The fourth-order valence-electron chi connectivity index (χ4n) is 8.18. The summed E-state index contributed by atoms with van der Waals surface area (Å²) in [4.78, 5) is 27.3. The standard InChI is InChI=1S/C29H37NO4/c1-15(2)19-10-11-20-22-12-16(3)4-9-21(22)27-25(20)24(19)26(31)23-14-29(33,30-28(23)32)13-17-5-7-18(34-27)8-6-17/h5-8,10-11,15-16,19-25,27,33H,4,9,12-14H2,1-3H3,(H,30,32)/t16-,19-,20+,21-,22+,23+,24+,25+,27+,29-/m1/s1. The van der Waals surface area contributed by atoms with Gasteiger partial charge in [0, 0.05) is 24.7 Å². The maximum Gasteiger partial charge on any atom is 0.232 e. The predicted molar refractivity (Wildman–Crippen MR) is 129 cm³/mol. The van der Waals surface area contributed by atoms with Crippen LogP contribution in [0.1, 0.15) is 52.0 Å². The first-order valence-corrected chi connectivity index (χ1v) is 13.3. The van der Waals surface area contributed by atoms with Crippen molar-refractivity contribution in [2.75, 3.05) is 0 Å². The number of ketones is 1. The molecule has 3 heterocycles. The second kappa shape index (κ2) is 7.94. The second-order valence-corrected chi connectivity index (χ2v) is 12.2. The van der Waals surface area contributed by atoms with Crippen molar-refractivity contribution in [2.45, 2.75) is 64.7 Å². The monoisotopic (exact) mass is 463 g/mol. The van der Waals surface area contributed by atoms with Crippen LogP contribution in [0.2, 0.25) is 0 Å². The first kappa shape index (κ1) is 22.3. The summed E-state index contributed by atoms with van der Waals surface area (Å²) in [5.74, 6) is 1.81. The van der Waals surface area contributed by atoms with E-state index in [0.717, 1.165) is 17.7 Å².